The van der Waals surface area contributed by atoms with Crippen LogP contribution < -0.4 is 5.32 Å². The first-order valence-corrected chi connectivity index (χ1v) is 8.69. The Morgan fingerprint density at radius 2 is 1.76 bits per heavy atom. The Hall–Kier alpha value is -0.820. The molecule has 1 aliphatic rings. The smallest absolute Gasteiger partial charge is 0.0296 e. The number of hydrogen-bond acceptors (Lipinski definition) is 1. The van der Waals surface area contributed by atoms with Gasteiger partial charge >= 0.3 is 0 Å². The molecule has 1 nitrogen and oxygen atoms in total. The van der Waals surface area contributed by atoms with Gasteiger partial charge in [-0.3, -0.25) is 0 Å². The monoisotopic (exact) mass is 287 g/mol. The molecule has 1 aromatic carbocycles. The van der Waals surface area contributed by atoms with Crippen LogP contribution in [-0.2, 0) is 0 Å². The minimum atomic E-state index is 0.461. The zero-order chi connectivity index (χ0) is 15.5. The van der Waals surface area contributed by atoms with E-state index in [1.165, 1.54) is 43.2 Å². The molecule has 0 aromatic heterocycles. The third kappa shape index (κ3) is 4.57. The fourth-order valence-corrected chi connectivity index (χ4v) is 3.85. The second kappa shape index (κ2) is 6.96. The maximum absolute atomic E-state index is 3.89. The maximum Gasteiger partial charge on any atom is 0.0296 e. The van der Waals surface area contributed by atoms with Crippen LogP contribution in [-0.4, -0.2) is 6.04 Å². The topological polar surface area (TPSA) is 12.0 Å². The zero-order valence-corrected chi connectivity index (χ0v) is 14.6. The zero-order valence-electron chi connectivity index (χ0n) is 14.6. The Labute approximate surface area is 131 Å². The maximum atomic E-state index is 3.89. The van der Waals surface area contributed by atoms with Gasteiger partial charge in [0.25, 0.3) is 0 Å². The van der Waals surface area contributed by atoms with Gasteiger partial charge in [-0.15, -0.1) is 0 Å². The third-order valence-electron chi connectivity index (χ3n) is 5.33. The van der Waals surface area contributed by atoms with Crippen LogP contribution in [0.4, 0.5) is 0 Å². The Balaban J connectivity index is 1.93. The van der Waals surface area contributed by atoms with Gasteiger partial charge in [0, 0.05) is 12.1 Å². The summed E-state index contributed by atoms with van der Waals surface area (Å²) in [6, 6.07) is 9.92. The lowest BCUT2D eigenvalue weighted by molar-refractivity contribution is 0.213. The lowest BCUT2D eigenvalue weighted by atomic mass is 9.76. The molecular formula is C20H33N. The standard InChI is InChI=1S/C20H33N/c1-15-9-6-7-12-19(15)16(2)21-18-11-8-10-17(13-14-18)20(3,4)5/h6-7,9,12,16-18,21H,8,10-11,13-14H2,1-5H3. The lowest BCUT2D eigenvalue weighted by Gasteiger charge is -2.30. The molecule has 0 heterocycles. The fourth-order valence-electron chi connectivity index (χ4n) is 3.85. The van der Waals surface area contributed by atoms with Crippen LogP contribution in [0, 0.1) is 18.3 Å². The molecule has 0 radical (unpaired) electrons. The highest BCUT2D eigenvalue weighted by molar-refractivity contribution is 5.28. The van der Waals surface area contributed by atoms with Crippen LogP contribution in [0.1, 0.15) is 77.0 Å². The summed E-state index contributed by atoms with van der Waals surface area (Å²) >= 11 is 0. The molecule has 1 saturated carbocycles. The van der Waals surface area contributed by atoms with Crippen LogP contribution in [0.15, 0.2) is 24.3 Å². The summed E-state index contributed by atoms with van der Waals surface area (Å²) in [6.45, 7) is 11.7. The van der Waals surface area contributed by atoms with Crippen molar-refractivity contribution < 1.29 is 0 Å². The molecule has 1 N–H and O–H groups in total. The van der Waals surface area contributed by atoms with Crippen LogP contribution >= 0.6 is 0 Å². The second-order valence-electron chi connectivity index (χ2n) is 8.01. The predicted molar refractivity (Wildman–Crippen MR) is 92.5 cm³/mol. The summed E-state index contributed by atoms with van der Waals surface area (Å²) in [5, 5.41) is 3.89. The molecule has 1 fully saturated rings. The first kappa shape index (κ1) is 16.5. The number of benzene rings is 1. The Morgan fingerprint density at radius 1 is 1.05 bits per heavy atom. The quantitative estimate of drug-likeness (QED) is 0.709. The molecule has 21 heavy (non-hydrogen) atoms. The Kier molecular flexibility index (Phi) is 5.48. The van der Waals surface area contributed by atoms with Crippen LogP contribution in [0.5, 0.6) is 0 Å². The highest BCUT2D eigenvalue weighted by Gasteiger charge is 2.28. The van der Waals surface area contributed by atoms with E-state index < -0.39 is 0 Å². The lowest BCUT2D eigenvalue weighted by Crippen LogP contribution is -2.31. The summed E-state index contributed by atoms with van der Waals surface area (Å²) in [4.78, 5) is 0. The van der Waals surface area contributed by atoms with Crippen LogP contribution in [0.3, 0.4) is 0 Å². The van der Waals surface area contributed by atoms with E-state index in [2.05, 4.69) is 64.2 Å². The molecular weight excluding hydrogens is 254 g/mol. The molecule has 0 bridgehead atoms. The highest BCUT2D eigenvalue weighted by Crippen LogP contribution is 2.37. The first-order chi connectivity index (χ1) is 9.88. The summed E-state index contributed by atoms with van der Waals surface area (Å²) in [5.41, 5.74) is 3.32. The van der Waals surface area contributed by atoms with Crippen LogP contribution in [0.25, 0.3) is 0 Å². The van der Waals surface area contributed by atoms with Gasteiger partial charge in [-0.1, -0.05) is 51.5 Å². The van der Waals surface area contributed by atoms with E-state index in [4.69, 9.17) is 0 Å². The first-order valence-electron chi connectivity index (χ1n) is 8.69. The molecule has 1 aromatic rings. The molecule has 1 aliphatic carbocycles. The second-order valence-corrected chi connectivity index (χ2v) is 8.01. The van der Waals surface area contributed by atoms with Crippen molar-refractivity contribution in [3.63, 3.8) is 0 Å². The largest absolute Gasteiger partial charge is 0.307 e. The summed E-state index contributed by atoms with van der Waals surface area (Å²) < 4.78 is 0. The van der Waals surface area contributed by atoms with E-state index in [9.17, 15) is 0 Å². The van der Waals surface area contributed by atoms with E-state index in [0.717, 1.165) is 5.92 Å². The normalized spacial score (nSPS) is 25.4. The molecule has 0 aliphatic heterocycles. The SMILES string of the molecule is Cc1ccccc1C(C)NC1CCCC(C(C)(C)C)CC1. The average Bonchev–Trinajstić information content (AvgIpc) is 2.64. The van der Waals surface area contributed by atoms with Crippen molar-refractivity contribution in [1.29, 1.82) is 0 Å². The highest BCUT2D eigenvalue weighted by atomic mass is 14.9. The van der Waals surface area contributed by atoms with Crippen molar-refractivity contribution in [2.45, 2.75) is 78.8 Å². The number of nitrogens with one attached hydrogen (secondary N) is 1. The minimum absolute atomic E-state index is 0.461. The van der Waals surface area contributed by atoms with Crippen molar-refractivity contribution in [2.75, 3.05) is 0 Å². The Morgan fingerprint density at radius 3 is 2.43 bits per heavy atom. The molecule has 118 valence electrons. The summed E-state index contributed by atoms with van der Waals surface area (Å²) in [7, 11) is 0. The average molecular weight is 287 g/mol. The molecule has 0 amide bonds. The van der Waals surface area contributed by atoms with E-state index in [-0.39, 0.29) is 0 Å². The van der Waals surface area contributed by atoms with Crippen molar-refractivity contribution in [3.8, 4) is 0 Å². The van der Waals surface area contributed by atoms with Crippen molar-refractivity contribution in [3.05, 3.63) is 35.4 Å². The summed E-state index contributed by atoms with van der Waals surface area (Å²) in [5.74, 6) is 0.887. The van der Waals surface area contributed by atoms with Gasteiger partial charge in [0.15, 0.2) is 0 Å². The van der Waals surface area contributed by atoms with Gasteiger partial charge < -0.3 is 5.32 Å². The van der Waals surface area contributed by atoms with Gasteiger partial charge in [-0.05, 0) is 62.0 Å². The number of hydrogen-bond donors (Lipinski definition) is 1. The number of rotatable bonds is 3. The van der Waals surface area contributed by atoms with E-state index in [0.29, 0.717) is 17.5 Å². The van der Waals surface area contributed by atoms with Crippen LogP contribution in [0.2, 0.25) is 0 Å². The van der Waals surface area contributed by atoms with Gasteiger partial charge in [0.05, 0.1) is 0 Å². The Bertz CT molecular complexity index is 443. The van der Waals surface area contributed by atoms with Gasteiger partial charge in [0.2, 0.25) is 0 Å². The number of aryl methyl sites for hydroxylation is 1. The molecule has 1 heteroatoms. The van der Waals surface area contributed by atoms with Crippen molar-refractivity contribution in [2.24, 2.45) is 11.3 Å². The molecule has 0 spiro atoms. The predicted octanol–water partition coefficient (Wildman–Crippen LogP) is 5.64. The molecule has 3 atom stereocenters. The van der Waals surface area contributed by atoms with Gasteiger partial charge in [0.1, 0.15) is 0 Å². The van der Waals surface area contributed by atoms with Crippen molar-refractivity contribution in [1.82, 2.24) is 5.32 Å². The van der Waals surface area contributed by atoms with Gasteiger partial charge in [-0.25, -0.2) is 0 Å². The fraction of sp³-hybridized carbons (Fsp3) is 0.700. The minimum Gasteiger partial charge on any atom is -0.307 e. The third-order valence-corrected chi connectivity index (χ3v) is 5.33. The molecule has 0 saturated heterocycles. The van der Waals surface area contributed by atoms with E-state index in [1.807, 2.05) is 0 Å². The summed E-state index contributed by atoms with van der Waals surface area (Å²) in [6.07, 6.45) is 6.82. The van der Waals surface area contributed by atoms with Crippen molar-refractivity contribution >= 4 is 0 Å². The molecule has 3 unspecified atom stereocenters. The van der Waals surface area contributed by atoms with E-state index >= 15 is 0 Å². The van der Waals surface area contributed by atoms with Gasteiger partial charge in [-0.2, -0.15) is 0 Å². The molecule has 2 rings (SSSR count). The van der Waals surface area contributed by atoms with E-state index in [1.54, 1.807) is 0 Å².